The van der Waals surface area contributed by atoms with Gasteiger partial charge in [0.25, 0.3) is 0 Å². The van der Waals surface area contributed by atoms with Crippen LogP contribution < -0.4 is 15.9 Å². The number of carbonyl (C=O) groups excluding carboxylic acids is 2. The van der Waals surface area contributed by atoms with Crippen LogP contribution in [0, 0.1) is 0 Å². The molecule has 0 aliphatic heterocycles. The molecule has 3 rings (SSSR count). The van der Waals surface area contributed by atoms with Crippen molar-refractivity contribution < 1.29 is 19.1 Å². The summed E-state index contributed by atoms with van der Waals surface area (Å²) in [7, 11) is 0.436. The lowest BCUT2D eigenvalue weighted by atomic mass is 10.2. The molecule has 3 aromatic rings. The predicted molar refractivity (Wildman–Crippen MR) is 120 cm³/mol. The van der Waals surface area contributed by atoms with E-state index in [0.717, 1.165) is 16.2 Å². The van der Waals surface area contributed by atoms with Gasteiger partial charge in [0.2, 0.25) is 0 Å². The van der Waals surface area contributed by atoms with Crippen molar-refractivity contribution in [1.82, 2.24) is 5.32 Å². The third-order valence-electron chi connectivity index (χ3n) is 4.49. The first-order chi connectivity index (χ1) is 14.7. The molecule has 0 bridgehead atoms. The molecule has 154 valence electrons. The number of nitrogens with one attached hydrogen (secondary N) is 1. The van der Waals surface area contributed by atoms with E-state index in [-0.39, 0.29) is 6.61 Å². The Balaban J connectivity index is 1.74. The van der Waals surface area contributed by atoms with Crippen molar-refractivity contribution in [2.75, 3.05) is 13.3 Å². The first kappa shape index (κ1) is 21.5. The van der Waals surface area contributed by atoms with Gasteiger partial charge in [0, 0.05) is 6.16 Å². The zero-order chi connectivity index (χ0) is 21.2. The molecule has 0 spiro atoms. The lowest BCUT2D eigenvalue weighted by Crippen LogP contribution is -2.45. The molecule has 1 amide bonds. The fourth-order valence-electron chi connectivity index (χ4n) is 2.99. The van der Waals surface area contributed by atoms with E-state index in [2.05, 4.69) is 5.32 Å². The third kappa shape index (κ3) is 6.16. The van der Waals surface area contributed by atoms with E-state index in [0.29, 0.717) is 6.16 Å². The van der Waals surface area contributed by atoms with Gasteiger partial charge in [-0.1, -0.05) is 91.0 Å². The van der Waals surface area contributed by atoms with Crippen LogP contribution in [0.4, 0.5) is 4.79 Å². The molecule has 1 atom stereocenters. The first-order valence-electron chi connectivity index (χ1n) is 9.60. The summed E-state index contributed by atoms with van der Waals surface area (Å²) in [5, 5.41) is 4.92. The van der Waals surface area contributed by atoms with Crippen LogP contribution in [0.5, 0.6) is 0 Å². The van der Waals surface area contributed by atoms with E-state index in [1.807, 2.05) is 91.0 Å². The number of carbonyl (C=O) groups is 2. The van der Waals surface area contributed by atoms with Gasteiger partial charge in [-0.25, -0.2) is 9.59 Å². The Hall–Kier alpha value is -3.17. The summed E-state index contributed by atoms with van der Waals surface area (Å²) in [6.45, 7) is 0.132. The Morgan fingerprint density at radius 1 is 0.833 bits per heavy atom. The highest BCUT2D eigenvalue weighted by molar-refractivity contribution is 7.73. The number of hydrogen-bond acceptors (Lipinski definition) is 4. The number of methoxy groups -OCH3 is 1. The Morgan fingerprint density at radius 3 is 1.83 bits per heavy atom. The maximum atomic E-state index is 12.4. The molecule has 0 radical (unpaired) electrons. The average molecular weight is 421 g/mol. The monoisotopic (exact) mass is 421 g/mol. The minimum Gasteiger partial charge on any atom is -0.467 e. The average Bonchev–Trinajstić information content (AvgIpc) is 2.81. The standard InChI is InChI=1S/C24H24NO4P/c1-28-23(26)22(25-24(27)29-17-19-11-5-2-6-12-19)18-30(20-13-7-3-8-14-20)21-15-9-4-10-16-21/h2-16,22H,17-18H2,1H3,(H,25,27)/t22-/m0/s1. The highest BCUT2D eigenvalue weighted by atomic mass is 31.1. The molecule has 0 heterocycles. The van der Waals surface area contributed by atoms with Crippen LogP contribution >= 0.6 is 7.92 Å². The molecule has 5 nitrogen and oxygen atoms in total. The van der Waals surface area contributed by atoms with Crippen LogP contribution in [0.1, 0.15) is 5.56 Å². The topological polar surface area (TPSA) is 64.6 Å². The number of esters is 1. The van der Waals surface area contributed by atoms with Crippen molar-refractivity contribution in [2.45, 2.75) is 12.6 Å². The van der Waals surface area contributed by atoms with Crippen LogP contribution in [0.15, 0.2) is 91.0 Å². The number of alkyl carbamates (subject to hydrolysis) is 1. The minimum absolute atomic E-state index is 0.132. The molecule has 30 heavy (non-hydrogen) atoms. The van der Waals surface area contributed by atoms with Gasteiger partial charge in [0.05, 0.1) is 7.11 Å². The fourth-order valence-corrected chi connectivity index (χ4v) is 5.38. The van der Waals surface area contributed by atoms with Crippen LogP contribution in [0.25, 0.3) is 0 Å². The van der Waals surface area contributed by atoms with Crippen molar-refractivity contribution in [3.8, 4) is 0 Å². The van der Waals surface area contributed by atoms with Crippen LogP contribution in [0.3, 0.4) is 0 Å². The van der Waals surface area contributed by atoms with Gasteiger partial charge in [-0.3, -0.25) is 0 Å². The molecule has 6 heteroatoms. The maximum absolute atomic E-state index is 12.4. The SMILES string of the molecule is COC(=O)[C@H](CP(c1ccccc1)c1ccccc1)NC(=O)OCc1ccccc1. The molecule has 0 saturated carbocycles. The fraction of sp³-hybridized carbons (Fsp3) is 0.167. The van der Waals surface area contributed by atoms with Gasteiger partial charge in [0.15, 0.2) is 0 Å². The molecule has 0 aliphatic rings. The van der Waals surface area contributed by atoms with Crippen molar-refractivity contribution in [3.05, 3.63) is 96.6 Å². The quantitative estimate of drug-likeness (QED) is 0.446. The van der Waals surface area contributed by atoms with Gasteiger partial charge in [-0.2, -0.15) is 0 Å². The molecule has 0 aromatic heterocycles. The van der Waals surface area contributed by atoms with E-state index >= 15 is 0 Å². The molecule has 0 saturated heterocycles. The van der Waals surface area contributed by atoms with E-state index in [1.54, 1.807) is 0 Å². The van der Waals surface area contributed by atoms with Gasteiger partial charge in [-0.05, 0) is 24.1 Å². The summed E-state index contributed by atoms with van der Waals surface area (Å²) >= 11 is 0. The second-order valence-corrected chi connectivity index (χ2v) is 8.82. The van der Waals surface area contributed by atoms with Gasteiger partial charge >= 0.3 is 12.1 Å². The van der Waals surface area contributed by atoms with E-state index in [1.165, 1.54) is 7.11 Å². The summed E-state index contributed by atoms with van der Waals surface area (Å²) in [6.07, 6.45) is -0.235. The van der Waals surface area contributed by atoms with Crippen LogP contribution in [-0.4, -0.2) is 31.4 Å². The predicted octanol–water partition coefficient (Wildman–Crippen LogP) is 3.59. The Labute approximate surface area is 177 Å². The van der Waals surface area contributed by atoms with Gasteiger partial charge in [0.1, 0.15) is 12.6 Å². The largest absolute Gasteiger partial charge is 0.467 e. The van der Waals surface area contributed by atoms with E-state index < -0.39 is 26.0 Å². The molecule has 0 fully saturated rings. The van der Waals surface area contributed by atoms with Crippen molar-refractivity contribution in [3.63, 3.8) is 0 Å². The Morgan fingerprint density at radius 2 is 1.33 bits per heavy atom. The molecular weight excluding hydrogens is 397 g/mol. The second kappa shape index (κ2) is 11.1. The van der Waals surface area contributed by atoms with E-state index in [4.69, 9.17) is 9.47 Å². The summed E-state index contributed by atoms with van der Waals surface area (Å²) in [6, 6.07) is 28.6. The van der Waals surface area contributed by atoms with Crippen LogP contribution in [0.2, 0.25) is 0 Å². The van der Waals surface area contributed by atoms with Crippen molar-refractivity contribution in [2.24, 2.45) is 0 Å². The van der Waals surface area contributed by atoms with Crippen molar-refractivity contribution >= 4 is 30.6 Å². The van der Waals surface area contributed by atoms with Gasteiger partial charge in [-0.15, -0.1) is 0 Å². The molecule has 3 aromatic carbocycles. The highest BCUT2D eigenvalue weighted by Crippen LogP contribution is 2.34. The lowest BCUT2D eigenvalue weighted by Gasteiger charge is -2.24. The van der Waals surface area contributed by atoms with Crippen LogP contribution in [-0.2, 0) is 20.9 Å². The van der Waals surface area contributed by atoms with E-state index in [9.17, 15) is 9.59 Å². The number of rotatable bonds is 8. The first-order valence-corrected chi connectivity index (χ1v) is 11.1. The number of ether oxygens (including phenoxy) is 2. The normalized spacial score (nSPS) is 11.5. The molecule has 1 N–H and O–H groups in total. The maximum Gasteiger partial charge on any atom is 0.408 e. The number of hydrogen-bond donors (Lipinski definition) is 1. The number of benzene rings is 3. The summed E-state index contributed by atoms with van der Waals surface area (Å²) in [4.78, 5) is 24.8. The Bertz CT molecular complexity index is 896. The summed E-state index contributed by atoms with van der Waals surface area (Å²) < 4.78 is 10.2. The summed E-state index contributed by atoms with van der Waals surface area (Å²) in [5.41, 5.74) is 0.873. The molecular formula is C24H24NO4P. The minimum atomic E-state index is -0.883. The second-order valence-electron chi connectivity index (χ2n) is 6.56. The third-order valence-corrected chi connectivity index (χ3v) is 7.06. The highest BCUT2D eigenvalue weighted by Gasteiger charge is 2.27. The van der Waals surface area contributed by atoms with Crippen molar-refractivity contribution in [1.29, 1.82) is 0 Å². The molecule has 0 unspecified atom stereocenters. The zero-order valence-corrected chi connectivity index (χ0v) is 17.6. The number of amides is 1. The summed E-state index contributed by atoms with van der Waals surface area (Å²) in [5.74, 6) is -0.494. The Kier molecular flexibility index (Phi) is 7.99. The van der Waals surface area contributed by atoms with Gasteiger partial charge < -0.3 is 14.8 Å². The molecule has 0 aliphatic carbocycles. The smallest absolute Gasteiger partial charge is 0.408 e. The zero-order valence-electron chi connectivity index (χ0n) is 16.7. The lowest BCUT2D eigenvalue weighted by molar-refractivity contribution is -0.142.